The molecular formula is C11H15N5O2S. The monoisotopic (exact) mass is 281 g/mol. The van der Waals surface area contributed by atoms with Gasteiger partial charge in [0.1, 0.15) is 4.90 Å². The average Bonchev–Trinajstić information content (AvgIpc) is 2.96. The first-order valence-electron chi connectivity index (χ1n) is 6.00. The molecule has 2 aromatic rings. The highest BCUT2D eigenvalue weighted by atomic mass is 32.2. The fourth-order valence-corrected chi connectivity index (χ4v) is 3.72. The SMILES string of the molecule is Cc1[nH]nc2c1CCN(S(=O)(=O)c1cnn(C)c1)C2. The van der Waals surface area contributed by atoms with Gasteiger partial charge in [-0.2, -0.15) is 14.5 Å². The molecule has 0 aromatic carbocycles. The lowest BCUT2D eigenvalue weighted by atomic mass is 10.1. The molecule has 0 unspecified atom stereocenters. The molecule has 3 heterocycles. The Kier molecular flexibility index (Phi) is 2.72. The first kappa shape index (κ1) is 12.4. The van der Waals surface area contributed by atoms with Crippen LogP contribution in [-0.2, 0) is 30.0 Å². The lowest BCUT2D eigenvalue weighted by molar-refractivity contribution is 0.387. The van der Waals surface area contributed by atoms with Crippen molar-refractivity contribution >= 4 is 10.0 Å². The zero-order valence-electron chi connectivity index (χ0n) is 10.8. The third-order valence-corrected chi connectivity index (χ3v) is 5.21. The molecule has 1 aliphatic rings. The molecule has 0 aliphatic carbocycles. The molecule has 1 N–H and O–H groups in total. The van der Waals surface area contributed by atoms with E-state index in [1.165, 1.54) is 21.4 Å². The van der Waals surface area contributed by atoms with Crippen molar-refractivity contribution in [2.45, 2.75) is 24.8 Å². The summed E-state index contributed by atoms with van der Waals surface area (Å²) in [6, 6.07) is 0. The fourth-order valence-electron chi connectivity index (χ4n) is 2.33. The maximum Gasteiger partial charge on any atom is 0.246 e. The molecule has 19 heavy (non-hydrogen) atoms. The summed E-state index contributed by atoms with van der Waals surface area (Å²) in [6.07, 6.45) is 3.58. The quantitative estimate of drug-likeness (QED) is 0.852. The number of hydrogen-bond acceptors (Lipinski definition) is 4. The summed E-state index contributed by atoms with van der Waals surface area (Å²) in [5.74, 6) is 0. The number of sulfonamides is 1. The summed E-state index contributed by atoms with van der Waals surface area (Å²) in [5.41, 5.74) is 2.97. The van der Waals surface area contributed by atoms with Crippen LogP contribution >= 0.6 is 0 Å². The number of nitrogens with one attached hydrogen (secondary N) is 1. The van der Waals surface area contributed by atoms with E-state index in [1.807, 2.05) is 6.92 Å². The van der Waals surface area contributed by atoms with Gasteiger partial charge >= 0.3 is 0 Å². The molecule has 0 saturated carbocycles. The van der Waals surface area contributed by atoms with Gasteiger partial charge < -0.3 is 0 Å². The molecule has 2 aromatic heterocycles. The zero-order chi connectivity index (χ0) is 13.6. The second-order valence-electron chi connectivity index (χ2n) is 4.71. The number of aromatic amines is 1. The zero-order valence-corrected chi connectivity index (χ0v) is 11.6. The number of aryl methyl sites for hydroxylation is 2. The van der Waals surface area contributed by atoms with Crippen LogP contribution in [0.3, 0.4) is 0 Å². The minimum absolute atomic E-state index is 0.228. The molecule has 0 atom stereocenters. The topological polar surface area (TPSA) is 83.9 Å². The minimum Gasteiger partial charge on any atom is -0.282 e. The van der Waals surface area contributed by atoms with E-state index in [-0.39, 0.29) is 4.90 Å². The lowest BCUT2D eigenvalue weighted by Crippen LogP contribution is -2.35. The first-order chi connectivity index (χ1) is 8.98. The van der Waals surface area contributed by atoms with Crippen LogP contribution in [-0.4, -0.2) is 39.2 Å². The molecule has 102 valence electrons. The molecule has 8 heteroatoms. The normalized spacial score (nSPS) is 16.5. The van der Waals surface area contributed by atoms with Crippen LogP contribution in [0, 0.1) is 6.92 Å². The van der Waals surface area contributed by atoms with Gasteiger partial charge in [0.25, 0.3) is 0 Å². The predicted molar refractivity (Wildman–Crippen MR) is 67.8 cm³/mol. The van der Waals surface area contributed by atoms with E-state index in [9.17, 15) is 8.42 Å². The van der Waals surface area contributed by atoms with Crippen LogP contribution in [0.25, 0.3) is 0 Å². The maximum atomic E-state index is 12.5. The van der Waals surface area contributed by atoms with Gasteiger partial charge in [-0.05, 0) is 18.9 Å². The van der Waals surface area contributed by atoms with Crippen LogP contribution in [0.2, 0.25) is 0 Å². The van der Waals surface area contributed by atoms with Crippen LogP contribution in [0.5, 0.6) is 0 Å². The third kappa shape index (κ3) is 1.96. The van der Waals surface area contributed by atoms with Crippen molar-refractivity contribution in [2.75, 3.05) is 6.54 Å². The number of hydrogen-bond donors (Lipinski definition) is 1. The molecule has 0 radical (unpaired) electrons. The second-order valence-corrected chi connectivity index (χ2v) is 6.65. The summed E-state index contributed by atoms with van der Waals surface area (Å²) < 4.78 is 27.8. The van der Waals surface area contributed by atoms with Crippen molar-refractivity contribution in [3.05, 3.63) is 29.3 Å². The van der Waals surface area contributed by atoms with E-state index in [2.05, 4.69) is 15.3 Å². The van der Waals surface area contributed by atoms with Gasteiger partial charge in [-0.3, -0.25) is 9.78 Å². The standard InChI is InChI=1S/C11H15N5O2S/c1-8-10-3-4-16(7-11(10)14-13-8)19(17,18)9-5-12-15(2)6-9/h5-6H,3-4,7H2,1-2H3,(H,13,14). The number of nitrogens with zero attached hydrogens (tertiary/aromatic N) is 4. The smallest absolute Gasteiger partial charge is 0.246 e. The van der Waals surface area contributed by atoms with Crippen molar-refractivity contribution in [2.24, 2.45) is 7.05 Å². The van der Waals surface area contributed by atoms with Crippen LogP contribution in [0.1, 0.15) is 17.0 Å². The summed E-state index contributed by atoms with van der Waals surface area (Å²) in [4.78, 5) is 0.228. The van der Waals surface area contributed by atoms with E-state index < -0.39 is 10.0 Å². The number of aromatic nitrogens is 4. The van der Waals surface area contributed by atoms with Gasteiger partial charge in [0.05, 0.1) is 18.4 Å². The van der Waals surface area contributed by atoms with E-state index in [1.54, 1.807) is 7.05 Å². The van der Waals surface area contributed by atoms with Crippen LogP contribution in [0.4, 0.5) is 0 Å². The Morgan fingerprint density at radius 3 is 2.89 bits per heavy atom. The largest absolute Gasteiger partial charge is 0.282 e. The van der Waals surface area contributed by atoms with Gasteiger partial charge in [0, 0.05) is 25.5 Å². The fraction of sp³-hybridized carbons (Fsp3) is 0.455. The van der Waals surface area contributed by atoms with Gasteiger partial charge in [-0.25, -0.2) is 8.42 Å². The summed E-state index contributed by atoms with van der Waals surface area (Å²) in [6.45, 7) is 2.75. The first-order valence-corrected chi connectivity index (χ1v) is 7.44. The number of H-pyrrole nitrogens is 1. The minimum atomic E-state index is -3.48. The Balaban J connectivity index is 1.92. The van der Waals surface area contributed by atoms with Crippen LogP contribution in [0.15, 0.2) is 17.3 Å². The molecule has 0 spiro atoms. The third-order valence-electron chi connectivity index (χ3n) is 3.42. The molecule has 0 fully saturated rings. The van der Waals surface area contributed by atoms with Crippen molar-refractivity contribution in [1.29, 1.82) is 0 Å². The van der Waals surface area contributed by atoms with E-state index >= 15 is 0 Å². The van der Waals surface area contributed by atoms with E-state index in [0.29, 0.717) is 19.5 Å². The summed E-state index contributed by atoms with van der Waals surface area (Å²) in [7, 11) is -1.78. The van der Waals surface area contributed by atoms with Gasteiger partial charge in [-0.1, -0.05) is 0 Å². The average molecular weight is 281 g/mol. The van der Waals surface area contributed by atoms with E-state index in [4.69, 9.17) is 0 Å². The highest BCUT2D eigenvalue weighted by molar-refractivity contribution is 7.89. The van der Waals surface area contributed by atoms with Gasteiger partial charge in [-0.15, -0.1) is 0 Å². The molecule has 0 bridgehead atoms. The van der Waals surface area contributed by atoms with E-state index in [0.717, 1.165) is 17.0 Å². The Bertz CT molecular complexity index is 715. The van der Waals surface area contributed by atoms with Crippen molar-refractivity contribution in [3.8, 4) is 0 Å². The molecule has 0 amide bonds. The predicted octanol–water partition coefficient (Wildman–Crippen LogP) is 0.199. The molecule has 7 nitrogen and oxygen atoms in total. The number of rotatable bonds is 2. The van der Waals surface area contributed by atoms with Crippen molar-refractivity contribution in [1.82, 2.24) is 24.3 Å². The summed E-state index contributed by atoms with van der Waals surface area (Å²) in [5, 5.41) is 11.0. The highest BCUT2D eigenvalue weighted by Gasteiger charge is 2.31. The summed E-state index contributed by atoms with van der Waals surface area (Å²) >= 11 is 0. The van der Waals surface area contributed by atoms with Crippen molar-refractivity contribution in [3.63, 3.8) is 0 Å². The Morgan fingerprint density at radius 1 is 1.42 bits per heavy atom. The molecule has 0 saturated heterocycles. The second kappa shape index (κ2) is 4.17. The molecule has 1 aliphatic heterocycles. The van der Waals surface area contributed by atoms with Gasteiger partial charge in [0.2, 0.25) is 10.0 Å². The Morgan fingerprint density at radius 2 is 2.21 bits per heavy atom. The molecular weight excluding hydrogens is 266 g/mol. The Hall–Kier alpha value is -1.67. The lowest BCUT2D eigenvalue weighted by Gasteiger charge is -2.25. The number of fused-ring (bicyclic) bond motifs is 1. The Labute approximate surface area is 111 Å². The van der Waals surface area contributed by atoms with Crippen molar-refractivity contribution < 1.29 is 8.42 Å². The molecule has 3 rings (SSSR count). The highest BCUT2D eigenvalue weighted by Crippen LogP contribution is 2.24. The van der Waals surface area contributed by atoms with Crippen LogP contribution < -0.4 is 0 Å². The maximum absolute atomic E-state index is 12.5. The van der Waals surface area contributed by atoms with Gasteiger partial charge in [0.15, 0.2) is 0 Å².